The molecule has 3 aromatic heterocycles. The van der Waals surface area contributed by atoms with E-state index in [2.05, 4.69) is 32.1 Å². The number of tetrazole rings is 1. The quantitative estimate of drug-likeness (QED) is 0.166. The first-order valence-electron chi connectivity index (χ1n) is 12.2. The van der Waals surface area contributed by atoms with Gasteiger partial charge in [-0.2, -0.15) is 17.9 Å². The number of anilines is 1. The maximum absolute atomic E-state index is 15.0. The molecule has 9 nitrogen and oxygen atoms in total. The molecule has 5 aromatic rings. The van der Waals surface area contributed by atoms with Crippen LogP contribution in [0.4, 0.5) is 23.2 Å². The molecule has 4 heterocycles. The molecule has 0 saturated carbocycles. The van der Waals surface area contributed by atoms with Gasteiger partial charge in [-0.3, -0.25) is 4.79 Å². The summed E-state index contributed by atoms with van der Waals surface area (Å²) in [5, 5.41) is 11.7. The standard InChI is InChI=1S/C27H19ClF4N8O/c1-2-13-7-16-8-14(18-10-15(28)3-6-21(18)39-12-35-37-38-39)9-22(41)40(16)25(13)26-34-11-20(36-26)17-4-5-19(33)23(24(17)29)27(30,31)32/h2-6,8-13,25H,1,7,33H2,(H,34,36)/t13-,25-/m0/s1. The van der Waals surface area contributed by atoms with Crippen LogP contribution in [0.1, 0.15) is 23.1 Å². The molecule has 0 bridgehead atoms. The zero-order chi connectivity index (χ0) is 29.1. The fourth-order valence-electron chi connectivity index (χ4n) is 5.27. The van der Waals surface area contributed by atoms with Crippen molar-refractivity contribution in [1.82, 2.24) is 34.7 Å². The van der Waals surface area contributed by atoms with Crippen LogP contribution in [0.5, 0.6) is 0 Å². The zero-order valence-corrected chi connectivity index (χ0v) is 21.7. The summed E-state index contributed by atoms with van der Waals surface area (Å²) >= 11 is 6.28. The summed E-state index contributed by atoms with van der Waals surface area (Å²) in [6, 6.07) is 9.89. The molecule has 3 N–H and O–H groups in total. The van der Waals surface area contributed by atoms with Crippen molar-refractivity contribution in [2.24, 2.45) is 5.92 Å². The van der Waals surface area contributed by atoms with Gasteiger partial charge in [0.25, 0.3) is 5.56 Å². The number of aromatic nitrogens is 7. The second kappa shape index (κ2) is 9.70. The van der Waals surface area contributed by atoms with Crippen molar-refractivity contribution in [2.45, 2.75) is 18.6 Å². The van der Waals surface area contributed by atoms with Gasteiger partial charge >= 0.3 is 6.18 Å². The summed E-state index contributed by atoms with van der Waals surface area (Å²) in [4.78, 5) is 20.8. The van der Waals surface area contributed by atoms with E-state index in [1.807, 2.05) is 6.07 Å². The number of allylic oxidation sites excluding steroid dienone is 1. The minimum absolute atomic E-state index is 0.00828. The minimum atomic E-state index is -4.98. The SMILES string of the molecule is C=C[C@H]1Cc2cc(-c3cc(Cl)ccc3-n3cnnn3)cc(=O)n2[C@@H]1c1ncc(-c2ccc(N)c(C(F)(F)F)c2F)[nH]1. The highest BCUT2D eigenvalue weighted by atomic mass is 35.5. The molecule has 0 fully saturated rings. The van der Waals surface area contributed by atoms with Gasteiger partial charge in [-0.1, -0.05) is 17.7 Å². The lowest BCUT2D eigenvalue weighted by Crippen LogP contribution is -2.26. The lowest BCUT2D eigenvalue weighted by molar-refractivity contribution is -0.139. The molecule has 0 aliphatic carbocycles. The third-order valence-electron chi connectivity index (χ3n) is 7.07. The number of nitrogen functional groups attached to an aromatic ring is 1. The summed E-state index contributed by atoms with van der Waals surface area (Å²) in [5.41, 5.74) is 4.93. The maximum atomic E-state index is 15.0. The number of aromatic amines is 1. The number of pyridine rings is 1. The van der Waals surface area contributed by atoms with Crippen molar-refractivity contribution in [2.75, 3.05) is 5.73 Å². The van der Waals surface area contributed by atoms with E-state index in [9.17, 15) is 22.4 Å². The molecule has 1 aliphatic heterocycles. The molecule has 2 atom stereocenters. The molecule has 1 aliphatic rings. The first-order valence-corrected chi connectivity index (χ1v) is 12.6. The molecular formula is C27H19ClF4N8O. The number of hydrogen-bond acceptors (Lipinski definition) is 6. The van der Waals surface area contributed by atoms with Gasteiger partial charge in [-0.25, -0.2) is 9.37 Å². The molecule has 0 unspecified atom stereocenters. The number of alkyl halides is 3. The van der Waals surface area contributed by atoms with Crippen LogP contribution in [0, 0.1) is 11.7 Å². The van der Waals surface area contributed by atoms with E-state index in [1.54, 1.807) is 28.8 Å². The highest BCUT2D eigenvalue weighted by molar-refractivity contribution is 6.31. The topological polar surface area (TPSA) is 120 Å². The third kappa shape index (κ3) is 4.47. The van der Waals surface area contributed by atoms with Gasteiger partial charge in [-0.05, 0) is 58.8 Å². The number of H-pyrrole nitrogens is 1. The minimum Gasteiger partial charge on any atom is -0.398 e. The smallest absolute Gasteiger partial charge is 0.398 e. The van der Waals surface area contributed by atoms with Gasteiger partial charge in [0.05, 0.1) is 17.6 Å². The molecule has 6 rings (SSSR count). The average Bonchev–Trinajstić information content (AvgIpc) is 3.67. The van der Waals surface area contributed by atoms with Crippen molar-refractivity contribution in [1.29, 1.82) is 0 Å². The van der Waals surface area contributed by atoms with Gasteiger partial charge in [0.1, 0.15) is 29.6 Å². The summed E-state index contributed by atoms with van der Waals surface area (Å²) in [7, 11) is 0. The third-order valence-corrected chi connectivity index (χ3v) is 7.30. The van der Waals surface area contributed by atoms with Crippen molar-refractivity contribution < 1.29 is 17.6 Å². The first kappa shape index (κ1) is 26.4. The van der Waals surface area contributed by atoms with Crippen LogP contribution < -0.4 is 11.3 Å². The maximum Gasteiger partial charge on any atom is 0.421 e. The fourth-order valence-corrected chi connectivity index (χ4v) is 5.44. The van der Waals surface area contributed by atoms with E-state index in [0.717, 1.165) is 12.1 Å². The number of nitrogens with zero attached hydrogens (tertiary/aromatic N) is 6. The Morgan fingerprint density at radius 2 is 1.95 bits per heavy atom. The second-order valence-corrected chi connectivity index (χ2v) is 9.92. The predicted octanol–water partition coefficient (Wildman–Crippen LogP) is 5.22. The largest absolute Gasteiger partial charge is 0.421 e. The highest BCUT2D eigenvalue weighted by Crippen LogP contribution is 2.41. The van der Waals surface area contributed by atoms with Crippen LogP contribution in [0.3, 0.4) is 0 Å². The summed E-state index contributed by atoms with van der Waals surface area (Å²) in [6.07, 6.45) is -0.235. The monoisotopic (exact) mass is 582 g/mol. The second-order valence-electron chi connectivity index (χ2n) is 9.48. The van der Waals surface area contributed by atoms with Crippen molar-refractivity contribution in [3.8, 4) is 28.1 Å². The van der Waals surface area contributed by atoms with Gasteiger partial charge in [0, 0.05) is 39.5 Å². The Balaban J connectivity index is 1.43. The number of fused-ring (bicyclic) bond motifs is 1. The Morgan fingerprint density at radius 3 is 2.66 bits per heavy atom. The Hall–Kier alpha value is -4.78. The lowest BCUT2D eigenvalue weighted by Gasteiger charge is -2.18. The summed E-state index contributed by atoms with van der Waals surface area (Å²) < 4.78 is 58.3. The average molecular weight is 583 g/mol. The van der Waals surface area contributed by atoms with E-state index in [4.69, 9.17) is 17.3 Å². The van der Waals surface area contributed by atoms with E-state index in [1.165, 1.54) is 23.3 Å². The number of hydrogen-bond donors (Lipinski definition) is 2. The van der Waals surface area contributed by atoms with Crippen LogP contribution in [0.2, 0.25) is 5.02 Å². The molecule has 0 saturated heterocycles. The van der Waals surface area contributed by atoms with Crippen LogP contribution >= 0.6 is 11.6 Å². The Labute approximate surface area is 233 Å². The molecule has 14 heteroatoms. The molecule has 2 aromatic carbocycles. The van der Waals surface area contributed by atoms with E-state index >= 15 is 0 Å². The number of halogens is 5. The van der Waals surface area contributed by atoms with E-state index in [0.29, 0.717) is 34.0 Å². The van der Waals surface area contributed by atoms with Crippen LogP contribution in [-0.2, 0) is 12.6 Å². The molecular weight excluding hydrogens is 564 g/mol. The molecule has 0 spiro atoms. The number of imidazole rings is 1. The van der Waals surface area contributed by atoms with Crippen molar-refractivity contribution in [3.63, 3.8) is 0 Å². The molecule has 0 radical (unpaired) electrons. The van der Waals surface area contributed by atoms with Gasteiger partial charge in [0.15, 0.2) is 0 Å². The van der Waals surface area contributed by atoms with Crippen molar-refractivity contribution in [3.05, 3.63) is 106 Å². The van der Waals surface area contributed by atoms with Crippen LogP contribution in [0.25, 0.3) is 28.1 Å². The number of rotatable bonds is 5. The Morgan fingerprint density at radius 1 is 1.15 bits per heavy atom. The first-order chi connectivity index (χ1) is 19.6. The van der Waals surface area contributed by atoms with Crippen LogP contribution in [-0.4, -0.2) is 34.7 Å². The highest BCUT2D eigenvalue weighted by Gasteiger charge is 2.39. The number of nitrogens with one attached hydrogen (secondary N) is 1. The predicted molar refractivity (Wildman–Crippen MR) is 143 cm³/mol. The Bertz CT molecular complexity index is 1860. The number of nitrogens with two attached hydrogens (primary N) is 1. The normalized spacial score (nSPS) is 16.6. The van der Waals surface area contributed by atoms with E-state index < -0.39 is 29.3 Å². The van der Waals surface area contributed by atoms with Crippen molar-refractivity contribution >= 4 is 17.3 Å². The van der Waals surface area contributed by atoms with Gasteiger partial charge < -0.3 is 15.3 Å². The van der Waals surface area contributed by atoms with E-state index in [-0.39, 0.29) is 28.6 Å². The molecule has 208 valence electrons. The summed E-state index contributed by atoms with van der Waals surface area (Å²) in [5.74, 6) is -1.54. The van der Waals surface area contributed by atoms with Gasteiger partial charge in [0.2, 0.25) is 0 Å². The zero-order valence-electron chi connectivity index (χ0n) is 20.9. The number of benzene rings is 2. The lowest BCUT2D eigenvalue weighted by atomic mass is 9.98. The van der Waals surface area contributed by atoms with Crippen LogP contribution in [0.15, 0.2) is 72.4 Å². The van der Waals surface area contributed by atoms with Gasteiger partial charge in [-0.15, -0.1) is 11.7 Å². The summed E-state index contributed by atoms with van der Waals surface area (Å²) in [6.45, 7) is 3.90. The molecule has 41 heavy (non-hydrogen) atoms. The fraction of sp³-hybridized carbons (Fsp3) is 0.148. The molecule has 0 amide bonds. The Kier molecular flexibility index (Phi) is 6.25.